The number of unbranched alkanes of at least 4 members (excludes halogenated alkanes) is 1. The van der Waals surface area contributed by atoms with Crippen LogP contribution in [0.2, 0.25) is 5.02 Å². The van der Waals surface area contributed by atoms with E-state index in [-0.39, 0.29) is 11.1 Å². The van der Waals surface area contributed by atoms with E-state index in [2.05, 4.69) is 6.92 Å². The standard InChI is InChI=1S/C24H20ClNO3S/c1-2-3-5-16-8-10-19(11-9-16)26-23(27)22(30-24(26)28)15-20-12-13-21(29-20)17-6-4-7-18(25)14-17/h4,6-15H,2-3,5H2,1H3/b22-15+. The molecule has 4 nitrogen and oxygen atoms in total. The van der Waals surface area contributed by atoms with Crippen LogP contribution in [0, 0.1) is 0 Å². The molecule has 0 unspecified atom stereocenters. The molecule has 2 aromatic carbocycles. The number of hydrogen-bond acceptors (Lipinski definition) is 4. The van der Waals surface area contributed by atoms with Crippen molar-refractivity contribution in [1.82, 2.24) is 0 Å². The number of benzene rings is 2. The maximum Gasteiger partial charge on any atom is 0.298 e. The number of thioether (sulfide) groups is 1. The molecule has 1 fully saturated rings. The SMILES string of the molecule is CCCCc1ccc(N2C(=O)S/C(=C/c3ccc(-c4cccc(Cl)c4)o3)C2=O)cc1. The predicted octanol–water partition coefficient (Wildman–Crippen LogP) is 7.18. The van der Waals surface area contributed by atoms with E-state index in [1.54, 1.807) is 18.2 Å². The zero-order chi connectivity index (χ0) is 21.1. The topological polar surface area (TPSA) is 50.5 Å². The minimum absolute atomic E-state index is 0.311. The van der Waals surface area contributed by atoms with Crippen LogP contribution in [-0.2, 0) is 11.2 Å². The average Bonchev–Trinajstić information content (AvgIpc) is 3.32. The van der Waals surface area contributed by atoms with E-state index in [4.69, 9.17) is 16.0 Å². The number of halogens is 1. The molecule has 1 aromatic heterocycles. The molecule has 0 spiro atoms. The summed E-state index contributed by atoms with van der Waals surface area (Å²) in [6.45, 7) is 2.15. The molecule has 0 radical (unpaired) electrons. The molecule has 30 heavy (non-hydrogen) atoms. The summed E-state index contributed by atoms with van der Waals surface area (Å²) in [5.74, 6) is 0.808. The van der Waals surface area contributed by atoms with Crippen LogP contribution in [0.25, 0.3) is 17.4 Å². The van der Waals surface area contributed by atoms with E-state index in [0.29, 0.717) is 27.1 Å². The van der Waals surface area contributed by atoms with Gasteiger partial charge in [0.05, 0.1) is 10.6 Å². The number of nitrogens with zero attached hydrogens (tertiary/aromatic N) is 1. The number of furan rings is 1. The highest BCUT2D eigenvalue weighted by Crippen LogP contribution is 2.36. The Balaban J connectivity index is 1.53. The van der Waals surface area contributed by atoms with Gasteiger partial charge in [0.2, 0.25) is 0 Å². The Kier molecular flexibility index (Phi) is 6.11. The molecule has 3 aromatic rings. The zero-order valence-electron chi connectivity index (χ0n) is 16.4. The molecule has 0 bridgehead atoms. The number of amides is 2. The normalized spacial score (nSPS) is 15.4. The van der Waals surface area contributed by atoms with Gasteiger partial charge in [-0.25, -0.2) is 4.90 Å². The molecule has 0 aliphatic carbocycles. The van der Waals surface area contributed by atoms with Crippen LogP contribution in [-0.4, -0.2) is 11.1 Å². The maximum atomic E-state index is 12.9. The second-order valence-electron chi connectivity index (χ2n) is 7.00. The van der Waals surface area contributed by atoms with Crippen LogP contribution in [0.5, 0.6) is 0 Å². The summed E-state index contributed by atoms with van der Waals surface area (Å²) >= 11 is 6.95. The van der Waals surface area contributed by atoms with Gasteiger partial charge >= 0.3 is 0 Å². The summed E-state index contributed by atoms with van der Waals surface area (Å²) in [6, 6.07) is 18.5. The van der Waals surface area contributed by atoms with Gasteiger partial charge in [-0.15, -0.1) is 0 Å². The van der Waals surface area contributed by atoms with Crippen LogP contribution in [0.15, 0.2) is 70.0 Å². The van der Waals surface area contributed by atoms with Gasteiger partial charge in [0.15, 0.2) is 0 Å². The first-order valence-electron chi connectivity index (χ1n) is 9.78. The lowest BCUT2D eigenvalue weighted by atomic mass is 10.1. The molecule has 4 rings (SSSR count). The fraction of sp³-hybridized carbons (Fsp3) is 0.167. The Bertz CT molecular complexity index is 1120. The van der Waals surface area contributed by atoms with Crippen molar-refractivity contribution in [2.24, 2.45) is 0 Å². The van der Waals surface area contributed by atoms with Gasteiger partial charge in [-0.2, -0.15) is 0 Å². The van der Waals surface area contributed by atoms with E-state index in [1.807, 2.05) is 48.5 Å². The molecular weight excluding hydrogens is 418 g/mol. The second kappa shape index (κ2) is 8.94. The van der Waals surface area contributed by atoms with Gasteiger partial charge in [-0.1, -0.05) is 49.2 Å². The lowest BCUT2D eigenvalue weighted by Crippen LogP contribution is -2.27. The summed E-state index contributed by atoms with van der Waals surface area (Å²) in [7, 11) is 0. The Morgan fingerprint density at radius 1 is 1.07 bits per heavy atom. The number of carbonyl (C=O) groups excluding carboxylic acids is 2. The fourth-order valence-electron chi connectivity index (χ4n) is 3.24. The third kappa shape index (κ3) is 4.37. The van der Waals surface area contributed by atoms with E-state index in [1.165, 1.54) is 10.5 Å². The molecular formula is C24H20ClNO3S. The van der Waals surface area contributed by atoms with Crippen molar-refractivity contribution in [2.45, 2.75) is 26.2 Å². The van der Waals surface area contributed by atoms with Crippen molar-refractivity contribution in [3.05, 3.63) is 81.9 Å². The van der Waals surface area contributed by atoms with Crippen LogP contribution in [0.1, 0.15) is 31.1 Å². The molecule has 2 amide bonds. The number of carbonyl (C=O) groups is 2. The van der Waals surface area contributed by atoms with Gasteiger partial charge in [-0.05, 0) is 66.6 Å². The number of aryl methyl sites for hydroxylation is 1. The minimum atomic E-state index is -0.341. The highest BCUT2D eigenvalue weighted by molar-refractivity contribution is 8.19. The van der Waals surface area contributed by atoms with Gasteiger partial charge in [-0.3, -0.25) is 9.59 Å². The molecule has 0 N–H and O–H groups in total. The van der Waals surface area contributed by atoms with Crippen LogP contribution >= 0.6 is 23.4 Å². The Hall–Kier alpha value is -2.76. The highest BCUT2D eigenvalue weighted by Gasteiger charge is 2.36. The summed E-state index contributed by atoms with van der Waals surface area (Å²) in [5, 5.41) is 0.307. The summed E-state index contributed by atoms with van der Waals surface area (Å²) in [4.78, 5) is 26.9. The van der Waals surface area contributed by atoms with Gasteiger partial charge in [0, 0.05) is 16.7 Å². The van der Waals surface area contributed by atoms with Gasteiger partial charge in [0.1, 0.15) is 11.5 Å². The van der Waals surface area contributed by atoms with E-state index < -0.39 is 0 Å². The van der Waals surface area contributed by atoms with Crippen LogP contribution in [0.4, 0.5) is 10.5 Å². The first-order valence-corrected chi connectivity index (χ1v) is 11.0. The quantitative estimate of drug-likeness (QED) is 0.383. The van der Waals surface area contributed by atoms with E-state index in [9.17, 15) is 9.59 Å². The Morgan fingerprint density at radius 3 is 2.60 bits per heavy atom. The Labute approximate surface area is 184 Å². The minimum Gasteiger partial charge on any atom is -0.457 e. The zero-order valence-corrected chi connectivity index (χ0v) is 18.0. The third-order valence-electron chi connectivity index (χ3n) is 4.82. The fourth-order valence-corrected chi connectivity index (χ4v) is 4.25. The molecule has 6 heteroatoms. The number of imide groups is 1. The lowest BCUT2D eigenvalue weighted by molar-refractivity contribution is -0.113. The first kappa shape index (κ1) is 20.5. The highest BCUT2D eigenvalue weighted by atomic mass is 35.5. The summed E-state index contributed by atoms with van der Waals surface area (Å²) in [5.41, 5.74) is 2.63. The predicted molar refractivity (Wildman–Crippen MR) is 123 cm³/mol. The second-order valence-corrected chi connectivity index (χ2v) is 8.43. The molecule has 0 atom stereocenters. The lowest BCUT2D eigenvalue weighted by Gasteiger charge is -2.13. The molecule has 1 aliphatic rings. The van der Waals surface area contributed by atoms with E-state index in [0.717, 1.165) is 36.6 Å². The number of hydrogen-bond donors (Lipinski definition) is 0. The molecule has 1 saturated heterocycles. The smallest absolute Gasteiger partial charge is 0.298 e. The van der Waals surface area contributed by atoms with Gasteiger partial charge < -0.3 is 4.42 Å². The van der Waals surface area contributed by atoms with Gasteiger partial charge in [0.25, 0.3) is 11.1 Å². The van der Waals surface area contributed by atoms with Crippen molar-refractivity contribution in [2.75, 3.05) is 4.90 Å². The molecule has 1 aliphatic heterocycles. The van der Waals surface area contributed by atoms with Crippen LogP contribution in [0.3, 0.4) is 0 Å². The first-order chi connectivity index (χ1) is 14.5. The largest absolute Gasteiger partial charge is 0.457 e. The summed E-state index contributed by atoms with van der Waals surface area (Å²) < 4.78 is 5.83. The van der Waals surface area contributed by atoms with E-state index >= 15 is 0 Å². The number of rotatable bonds is 6. The van der Waals surface area contributed by atoms with Crippen LogP contribution < -0.4 is 4.90 Å². The van der Waals surface area contributed by atoms with Crippen molar-refractivity contribution >= 4 is 46.3 Å². The summed E-state index contributed by atoms with van der Waals surface area (Å²) in [6.07, 6.45) is 4.84. The Morgan fingerprint density at radius 2 is 1.87 bits per heavy atom. The maximum absolute atomic E-state index is 12.9. The molecule has 0 saturated carbocycles. The monoisotopic (exact) mass is 437 g/mol. The molecule has 152 valence electrons. The van der Waals surface area contributed by atoms with Crippen molar-refractivity contribution < 1.29 is 14.0 Å². The molecule has 2 heterocycles. The average molecular weight is 438 g/mol. The van der Waals surface area contributed by atoms with Crippen molar-refractivity contribution in [1.29, 1.82) is 0 Å². The van der Waals surface area contributed by atoms with Crippen molar-refractivity contribution in [3.8, 4) is 11.3 Å². The van der Waals surface area contributed by atoms with Crippen molar-refractivity contribution in [3.63, 3.8) is 0 Å². The number of anilines is 1. The third-order valence-corrected chi connectivity index (χ3v) is 5.92.